The third-order valence-electron chi connectivity index (χ3n) is 3.37. The summed E-state index contributed by atoms with van der Waals surface area (Å²) in [7, 11) is 0. The molecule has 1 aromatic rings. The summed E-state index contributed by atoms with van der Waals surface area (Å²) in [5.41, 5.74) is -0.577. The summed E-state index contributed by atoms with van der Waals surface area (Å²) in [4.78, 5) is 22.5. The number of fused-ring (bicyclic) bond motifs is 1. The molecule has 1 amide bonds. The van der Waals surface area contributed by atoms with E-state index in [0.717, 1.165) is 12.8 Å². The van der Waals surface area contributed by atoms with E-state index in [1.54, 1.807) is 0 Å². The number of nitrogens with one attached hydrogen (secondary N) is 1. The number of ether oxygens (including phenoxy) is 1. The molecular weight excluding hydrogens is 260 g/mol. The number of hydrogen-bond donors (Lipinski definition) is 1. The van der Waals surface area contributed by atoms with E-state index in [1.165, 1.54) is 18.2 Å². The van der Waals surface area contributed by atoms with Gasteiger partial charge in [0.05, 0.1) is 10.5 Å². The Bertz CT molecular complexity index is 536. The molecule has 1 heterocycles. The Morgan fingerprint density at radius 3 is 2.50 bits per heavy atom. The largest absolute Gasteiger partial charge is 0.467 e. The minimum absolute atomic E-state index is 0.110. The first-order valence-corrected chi connectivity index (χ1v) is 6.81. The molecule has 0 saturated heterocycles. The van der Waals surface area contributed by atoms with Crippen molar-refractivity contribution < 1.29 is 14.5 Å². The molecule has 1 aliphatic rings. The Morgan fingerprint density at radius 1 is 1.30 bits per heavy atom. The van der Waals surface area contributed by atoms with Gasteiger partial charge in [0.2, 0.25) is 0 Å². The van der Waals surface area contributed by atoms with Gasteiger partial charge in [-0.1, -0.05) is 26.7 Å². The lowest BCUT2D eigenvalue weighted by molar-refractivity contribution is -0.384. The number of amides is 1. The second-order valence-electron chi connectivity index (χ2n) is 4.99. The van der Waals surface area contributed by atoms with Gasteiger partial charge < -0.3 is 10.1 Å². The van der Waals surface area contributed by atoms with Crippen molar-refractivity contribution in [2.24, 2.45) is 0 Å². The Morgan fingerprint density at radius 2 is 1.95 bits per heavy atom. The zero-order valence-electron chi connectivity index (χ0n) is 11.6. The van der Waals surface area contributed by atoms with Gasteiger partial charge in [-0.3, -0.25) is 14.9 Å². The van der Waals surface area contributed by atoms with E-state index < -0.39 is 10.6 Å². The number of nitro groups is 1. The fraction of sp³-hybridized carbons (Fsp3) is 0.500. The van der Waals surface area contributed by atoms with Crippen LogP contribution in [-0.4, -0.2) is 16.6 Å². The van der Waals surface area contributed by atoms with E-state index >= 15 is 0 Å². The Balaban J connectivity index is 2.38. The van der Waals surface area contributed by atoms with Gasteiger partial charge in [-0.15, -0.1) is 0 Å². The summed E-state index contributed by atoms with van der Waals surface area (Å²) in [5.74, 6) is 0.109. The monoisotopic (exact) mass is 278 g/mol. The van der Waals surface area contributed by atoms with Crippen LogP contribution >= 0.6 is 0 Å². The number of rotatable bonds is 5. The summed E-state index contributed by atoms with van der Waals surface area (Å²) < 4.78 is 5.95. The van der Waals surface area contributed by atoms with Gasteiger partial charge >= 0.3 is 0 Å². The first-order valence-electron chi connectivity index (χ1n) is 6.81. The van der Waals surface area contributed by atoms with Crippen LogP contribution in [0.15, 0.2) is 18.2 Å². The molecule has 0 aliphatic carbocycles. The van der Waals surface area contributed by atoms with Crippen LogP contribution in [0.2, 0.25) is 0 Å². The highest BCUT2D eigenvalue weighted by Gasteiger charge is 2.38. The zero-order chi connectivity index (χ0) is 14.8. The van der Waals surface area contributed by atoms with Gasteiger partial charge in [-0.2, -0.15) is 0 Å². The standard InChI is InChI=1S/C14H18N2O4/c1-3-7-14(8-4-2)15-13(17)11-9-10(16(18)19)5-6-12(11)20-14/h5-6,9H,3-4,7-8H2,1-2H3,(H,15,17). The Labute approximate surface area is 117 Å². The fourth-order valence-corrected chi connectivity index (χ4v) is 2.57. The van der Waals surface area contributed by atoms with Gasteiger partial charge in [0.25, 0.3) is 11.6 Å². The van der Waals surface area contributed by atoms with Gasteiger partial charge in [0, 0.05) is 25.0 Å². The van der Waals surface area contributed by atoms with Crippen molar-refractivity contribution in [3.05, 3.63) is 33.9 Å². The SMILES string of the molecule is CCCC1(CCC)NC(=O)c2cc([N+](=O)[O-])ccc2O1. The van der Waals surface area contributed by atoms with Gasteiger partial charge in [0.15, 0.2) is 5.72 Å². The third kappa shape index (κ3) is 2.59. The molecule has 6 nitrogen and oxygen atoms in total. The molecule has 0 spiro atoms. The third-order valence-corrected chi connectivity index (χ3v) is 3.37. The first-order chi connectivity index (χ1) is 9.51. The molecule has 1 aliphatic heterocycles. The topological polar surface area (TPSA) is 81.5 Å². The Kier molecular flexibility index (Phi) is 3.92. The van der Waals surface area contributed by atoms with Crippen molar-refractivity contribution >= 4 is 11.6 Å². The lowest BCUT2D eigenvalue weighted by Gasteiger charge is -2.39. The first kappa shape index (κ1) is 14.3. The number of nitro benzene ring substituents is 1. The van der Waals surface area contributed by atoms with Gasteiger partial charge in [-0.25, -0.2) is 0 Å². The van der Waals surface area contributed by atoms with Crippen LogP contribution in [0, 0.1) is 10.1 Å². The number of nitrogens with zero attached hydrogens (tertiary/aromatic N) is 1. The predicted octanol–water partition coefficient (Wildman–Crippen LogP) is 3.01. The highest BCUT2D eigenvalue weighted by atomic mass is 16.6. The number of carbonyl (C=O) groups excluding carboxylic acids is 1. The predicted molar refractivity (Wildman–Crippen MR) is 73.7 cm³/mol. The van der Waals surface area contributed by atoms with Crippen LogP contribution in [0.25, 0.3) is 0 Å². The zero-order valence-corrected chi connectivity index (χ0v) is 11.6. The van der Waals surface area contributed by atoms with Crippen molar-refractivity contribution in [1.82, 2.24) is 5.32 Å². The summed E-state index contributed by atoms with van der Waals surface area (Å²) in [6.45, 7) is 4.05. The maximum atomic E-state index is 12.2. The Hall–Kier alpha value is -2.11. The van der Waals surface area contributed by atoms with Crippen molar-refractivity contribution in [3.63, 3.8) is 0 Å². The minimum atomic E-state index is -0.691. The maximum Gasteiger partial charge on any atom is 0.270 e. The molecule has 108 valence electrons. The molecular formula is C14H18N2O4. The normalized spacial score (nSPS) is 16.0. The summed E-state index contributed by atoms with van der Waals surface area (Å²) in [6.07, 6.45) is 3.18. The summed E-state index contributed by atoms with van der Waals surface area (Å²) in [5, 5.41) is 13.6. The molecule has 0 fully saturated rings. The van der Waals surface area contributed by atoms with Crippen LogP contribution in [0.5, 0.6) is 5.75 Å². The fourth-order valence-electron chi connectivity index (χ4n) is 2.57. The van der Waals surface area contributed by atoms with Crippen LogP contribution in [0.1, 0.15) is 49.9 Å². The molecule has 6 heteroatoms. The molecule has 20 heavy (non-hydrogen) atoms. The highest BCUT2D eigenvalue weighted by molar-refractivity contribution is 5.99. The second-order valence-corrected chi connectivity index (χ2v) is 4.99. The van der Waals surface area contributed by atoms with Crippen LogP contribution in [-0.2, 0) is 0 Å². The maximum absolute atomic E-state index is 12.2. The van der Waals surface area contributed by atoms with Crippen molar-refractivity contribution in [3.8, 4) is 5.75 Å². The average Bonchev–Trinajstić information content (AvgIpc) is 2.38. The lowest BCUT2D eigenvalue weighted by Crippen LogP contribution is -2.55. The number of carbonyl (C=O) groups is 1. The molecule has 1 aromatic carbocycles. The minimum Gasteiger partial charge on any atom is -0.467 e. The second kappa shape index (κ2) is 5.48. The van der Waals surface area contributed by atoms with E-state index in [1.807, 2.05) is 13.8 Å². The molecule has 0 radical (unpaired) electrons. The van der Waals surface area contributed by atoms with E-state index in [2.05, 4.69) is 5.32 Å². The average molecular weight is 278 g/mol. The summed E-state index contributed by atoms with van der Waals surface area (Å²) in [6, 6.07) is 4.12. The molecule has 2 rings (SSSR count). The number of hydrogen-bond acceptors (Lipinski definition) is 4. The van der Waals surface area contributed by atoms with Crippen molar-refractivity contribution in [2.45, 2.75) is 45.3 Å². The molecule has 0 bridgehead atoms. The lowest BCUT2D eigenvalue weighted by atomic mass is 9.98. The smallest absolute Gasteiger partial charge is 0.270 e. The summed E-state index contributed by atoms with van der Waals surface area (Å²) >= 11 is 0. The van der Waals surface area contributed by atoms with E-state index in [-0.39, 0.29) is 17.2 Å². The molecule has 0 atom stereocenters. The van der Waals surface area contributed by atoms with Gasteiger partial charge in [-0.05, 0) is 6.07 Å². The van der Waals surface area contributed by atoms with Crippen molar-refractivity contribution in [1.29, 1.82) is 0 Å². The number of non-ortho nitro benzene ring substituents is 1. The van der Waals surface area contributed by atoms with Crippen LogP contribution in [0.3, 0.4) is 0 Å². The van der Waals surface area contributed by atoms with E-state index in [4.69, 9.17) is 4.74 Å². The number of benzene rings is 1. The van der Waals surface area contributed by atoms with Crippen LogP contribution < -0.4 is 10.1 Å². The quantitative estimate of drug-likeness (QED) is 0.663. The molecule has 0 saturated carbocycles. The molecule has 1 N–H and O–H groups in total. The van der Waals surface area contributed by atoms with E-state index in [0.29, 0.717) is 18.6 Å². The molecule has 0 aromatic heterocycles. The highest BCUT2D eigenvalue weighted by Crippen LogP contribution is 2.34. The van der Waals surface area contributed by atoms with E-state index in [9.17, 15) is 14.9 Å². The molecule has 0 unspecified atom stereocenters. The van der Waals surface area contributed by atoms with Crippen molar-refractivity contribution in [2.75, 3.05) is 0 Å². The van der Waals surface area contributed by atoms with Crippen LogP contribution in [0.4, 0.5) is 5.69 Å². The van der Waals surface area contributed by atoms with Gasteiger partial charge in [0.1, 0.15) is 5.75 Å².